The number of carboxylic acids is 4. The summed E-state index contributed by atoms with van der Waals surface area (Å²) in [6, 6.07) is 22.5. The van der Waals surface area contributed by atoms with E-state index in [1.165, 1.54) is 97.1 Å². The Morgan fingerprint density at radius 1 is 0.308 bits per heavy atom. The Bertz CT molecular complexity index is 1910. The molecule has 0 radical (unpaired) electrons. The maximum Gasteiger partial charge on any atom is 4.00 e. The van der Waals surface area contributed by atoms with E-state index in [1.54, 1.807) is 55.4 Å². The van der Waals surface area contributed by atoms with Gasteiger partial charge in [-0.3, -0.25) is 19.6 Å². The quantitative estimate of drug-likeness (QED) is 0.0883. The fourth-order valence-corrected chi connectivity index (χ4v) is 4.10. The molecule has 0 fully saturated rings. The van der Waals surface area contributed by atoms with E-state index < -0.39 is 47.8 Å². The van der Waals surface area contributed by atoms with Gasteiger partial charge in [-0.15, -0.1) is 0 Å². The minimum absolute atomic E-state index is 0. The molecule has 0 aliphatic carbocycles. The van der Waals surface area contributed by atoms with Crippen molar-refractivity contribution >= 4 is 47.8 Å². The average Bonchev–Trinajstić information content (AvgIpc) is 3.26. The molecule has 4 rings (SSSR count). The molecule has 0 bridgehead atoms. The van der Waals surface area contributed by atoms with Crippen molar-refractivity contribution in [3.63, 3.8) is 0 Å². The van der Waals surface area contributed by atoms with Crippen LogP contribution in [0.4, 0.5) is 0 Å². The molecule has 0 saturated carbocycles. The first kappa shape index (κ1) is 58.2. The molecule has 344 valence electrons. The van der Waals surface area contributed by atoms with Gasteiger partial charge < -0.3 is 39.6 Å². The van der Waals surface area contributed by atoms with Gasteiger partial charge in [-0.2, -0.15) is 19.6 Å². The summed E-state index contributed by atoms with van der Waals surface area (Å²) in [5, 5.41) is 42.8. The molecule has 0 aromatic heterocycles. The van der Waals surface area contributed by atoms with Gasteiger partial charge in [0, 0.05) is 22.3 Å². The topological polar surface area (TPSA) is 303 Å². The molecule has 0 aliphatic rings. The van der Waals surface area contributed by atoms with Crippen LogP contribution in [0.5, 0.6) is 0 Å². The number of benzene rings is 4. The second-order valence-corrected chi connectivity index (χ2v) is 13.4. The zero-order valence-electron chi connectivity index (χ0n) is 36.2. The summed E-state index contributed by atoms with van der Waals surface area (Å²) in [5.74, 6) is -9.15. The maximum atomic E-state index is 11.4. The van der Waals surface area contributed by atoms with Crippen molar-refractivity contribution in [1.82, 2.24) is 0 Å². The van der Waals surface area contributed by atoms with E-state index in [0.29, 0.717) is 0 Å². The number of hydrogen-bond acceptors (Lipinski definition) is 20. The van der Waals surface area contributed by atoms with Crippen LogP contribution in [0.3, 0.4) is 0 Å². The molecule has 0 spiro atoms. The zero-order chi connectivity index (χ0) is 48.5. The van der Waals surface area contributed by atoms with E-state index in [0.717, 1.165) is 0 Å². The summed E-state index contributed by atoms with van der Waals surface area (Å²) in [4.78, 5) is 125. The Balaban J connectivity index is 0.000000836. The van der Waals surface area contributed by atoms with Crippen LogP contribution in [0.25, 0.3) is 0 Å². The third-order valence-electron chi connectivity index (χ3n) is 6.73. The average molecular weight is 941 g/mol. The number of aromatic carboxylic acids is 4. The molecular formula is C44H44O20Ti. The van der Waals surface area contributed by atoms with Gasteiger partial charge in [0.25, 0.3) is 0 Å². The van der Waals surface area contributed by atoms with Gasteiger partial charge in [-0.05, 0) is 79.7 Å². The van der Waals surface area contributed by atoms with Gasteiger partial charge in [0.2, 0.25) is 0 Å². The standard InChI is InChI=1S/4C11H12O5.Ti/c4*1-7(2)15-16-11(14)9-6-4-3-5-8(9)10(12)13;/h4*3-7H,1-2H3,(H,12,13);/q;;;;+4/p-4. The van der Waals surface area contributed by atoms with Gasteiger partial charge in [0.05, 0.1) is 70.5 Å². The van der Waals surface area contributed by atoms with E-state index in [-0.39, 0.29) is 90.6 Å². The third kappa shape index (κ3) is 21.9. The van der Waals surface area contributed by atoms with Crippen molar-refractivity contribution in [3.8, 4) is 0 Å². The van der Waals surface area contributed by atoms with Gasteiger partial charge in [0.15, 0.2) is 0 Å². The molecule has 20 nitrogen and oxygen atoms in total. The monoisotopic (exact) mass is 940 g/mol. The van der Waals surface area contributed by atoms with E-state index in [2.05, 4.69) is 39.1 Å². The smallest absolute Gasteiger partial charge is 0.545 e. The summed E-state index contributed by atoms with van der Waals surface area (Å²) in [7, 11) is 0. The Morgan fingerprint density at radius 2 is 0.446 bits per heavy atom. The summed E-state index contributed by atoms with van der Waals surface area (Å²) in [6.45, 7) is 13.4. The molecule has 0 amide bonds. The number of rotatable bonds is 16. The molecule has 0 aliphatic heterocycles. The van der Waals surface area contributed by atoms with Crippen molar-refractivity contribution in [2.75, 3.05) is 0 Å². The first-order valence-corrected chi connectivity index (χ1v) is 18.8. The van der Waals surface area contributed by atoms with Gasteiger partial charge >= 0.3 is 45.6 Å². The predicted octanol–water partition coefficient (Wildman–Crippen LogP) is 2.19. The number of carbonyl (C=O) groups is 8. The predicted molar refractivity (Wildman–Crippen MR) is 210 cm³/mol. The minimum atomic E-state index is -1.43. The van der Waals surface area contributed by atoms with Gasteiger partial charge in [-0.25, -0.2) is 19.2 Å². The summed E-state index contributed by atoms with van der Waals surface area (Å²) < 4.78 is 0. The molecule has 0 atom stereocenters. The van der Waals surface area contributed by atoms with Crippen LogP contribution >= 0.6 is 0 Å². The first-order valence-electron chi connectivity index (χ1n) is 18.8. The van der Waals surface area contributed by atoms with E-state index in [9.17, 15) is 58.8 Å². The van der Waals surface area contributed by atoms with E-state index in [4.69, 9.17) is 0 Å². The third-order valence-corrected chi connectivity index (χ3v) is 6.73. The van der Waals surface area contributed by atoms with Crippen LogP contribution in [-0.2, 0) is 60.8 Å². The van der Waals surface area contributed by atoms with E-state index in [1.807, 2.05) is 0 Å². The number of carboxylic acid groups (broad SMARTS) is 4. The molecule has 0 saturated heterocycles. The first-order chi connectivity index (χ1) is 30.1. The Labute approximate surface area is 387 Å². The van der Waals surface area contributed by atoms with Crippen LogP contribution < -0.4 is 20.4 Å². The zero-order valence-corrected chi connectivity index (χ0v) is 37.8. The van der Waals surface area contributed by atoms with Gasteiger partial charge in [0.1, 0.15) is 0 Å². The molecule has 65 heavy (non-hydrogen) atoms. The summed E-state index contributed by atoms with van der Waals surface area (Å²) in [6.07, 6.45) is -1.17. The fraction of sp³-hybridized carbons (Fsp3) is 0.273. The van der Waals surface area contributed by atoms with Crippen molar-refractivity contribution in [2.45, 2.75) is 79.8 Å². The van der Waals surface area contributed by atoms with Crippen LogP contribution in [0.1, 0.15) is 138 Å². The van der Waals surface area contributed by atoms with Gasteiger partial charge in [-0.1, -0.05) is 72.8 Å². The number of carbonyl (C=O) groups excluding carboxylic acids is 8. The SMILES string of the molecule is CC(C)OOC(=O)c1ccccc1C(=O)[O-].CC(C)OOC(=O)c1ccccc1C(=O)[O-].CC(C)OOC(=O)c1ccccc1C(=O)[O-].CC(C)OOC(=O)c1ccccc1C(=O)[O-].[Ti+4]. The molecule has 0 unspecified atom stereocenters. The molecule has 4 aromatic rings. The van der Waals surface area contributed by atoms with Crippen molar-refractivity contribution in [2.24, 2.45) is 0 Å². The van der Waals surface area contributed by atoms with Crippen molar-refractivity contribution in [3.05, 3.63) is 142 Å². The fourth-order valence-electron chi connectivity index (χ4n) is 4.10. The van der Waals surface area contributed by atoms with Crippen LogP contribution in [-0.4, -0.2) is 72.2 Å². The van der Waals surface area contributed by atoms with Crippen molar-refractivity contribution < 1.29 is 120 Å². The second kappa shape index (κ2) is 30.3. The maximum absolute atomic E-state index is 11.4. The summed E-state index contributed by atoms with van der Waals surface area (Å²) >= 11 is 0. The Hall–Kier alpha value is -6.81. The summed E-state index contributed by atoms with van der Waals surface area (Å²) in [5.41, 5.74) is -1.27. The number of hydrogen-bond donors (Lipinski definition) is 0. The van der Waals surface area contributed by atoms with Crippen LogP contribution in [0, 0.1) is 0 Å². The molecule has 0 heterocycles. The van der Waals surface area contributed by atoms with Crippen molar-refractivity contribution in [1.29, 1.82) is 0 Å². The van der Waals surface area contributed by atoms with E-state index >= 15 is 0 Å². The second-order valence-electron chi connectivity index (χ2n) is 13.4. The Morgan fingerprint density at radius 3 is 0.569 bits per heavy atom. The molecule has 21 heteroatoms. The van der Waals surface area contributed by atoms with Crippen LogP contribution in [0.15, 0.2) is 97.1 Å². The largest absolute Gasteiger partial charge is 4.00 e. The normalized spacial score (nSPS) is 10.0. The Kier molecular flexibility index (Phi) is 27.1. The molecular weight excluding hydrogens is 896 g/mol. The van der Waals surface area contributed by atoms with Crippen LogP contribution in [0.2, 0.25) is 0 Å². The molecule has 4 aromatic carbocycles. The minimum Gasteiger partial charge on any atom is -0.545 e. The molecule has 0 N–H and O–H groups in total.